The fourth-order valence-corrected chi connectivity index (χ4v) is 14.4. The lowest BCUT2D eigenvalue weighted by Gasteiger charge is -2.61. The highest BCUT2D eigenvalue weighted by Gasteiger charge is 2.60. The van der Waals surface area contributed by atoms with Crippen molar-refractivity contribution in [3.63, 3.8) is 0 Å². The lowest BCUT2D eigenvalue weighted by Crippen LogP contribution is -3.00. The van der Waals surface area contributed by atoms with Crippen molar-refractivity contribution in [2.75, 3.05) is 46.9 Å². The molecule has 3 aromatic rings. The fraction of sp³-hybridized carbons (Fsp3) is 0.614. The predicted octanol–water partition coefficient (Wildman–Crippen LogP) is 9.51. The second-order valence-electron chi connectivity index (χ2n) is 21.7. The summed E-state index contributed by atoms with van der Waals surface area (Å²) < 4.78 is 13.3. The molecule has 1 amide bonds. The first-order chi connectivity index (χ1) is 30.4. The average molecular weight is 892 g/mol. The molecular formula is C57H79ClN2O4. The van der Waals surface area contributed by atoms with Crippen molar-refractivity contribution >= 4 is 23.0 Å². The molecular weight excluding hydrogens is 812 g/mol. The van der Waals surface area contributed by atoms with Crippen molar-refractivity contribution in [1.29, 1.82) is 0 Å². The maximum atomic E-state index is 13.5. The van der Waals surface area contributed by atoms with Crippen LogP contribution in [0.2, 0.25) is 0 Å². The summed E-state index contributed by atoms with van der Waals surface area (Å²) in [6.07, 6.45) is 17.7. The zero-order valence-electron chi connectivity index (χ0n) is 40.2. The normalized spacial score (nSPS) is 30.3. The Balaban J connectivity index is 0.00000612. The number of nitrogens with zero attached hydrogens (tertiary/aromatic N) is 2. The Kier molecular flexibility index (Phi) is 15.8. The Morgan fingerprint density at radius 1 is 0.781 bits per heavy atom. The predicted molar refractivity (Wildman–Crippen MR) is 257 cm³/mol. The van der Waals surface area contributed by atoms with E-state index in [1.54, 1.807) is 0 Å². The number of allylic oxidation sites excluding steroid dienone is 1. The first kappa shape index (κ1) is 48.3. The number of fused-ring (bicyclic) bond motifs is 5. The number of carbonyl (C=O) groups excluding carboxylic acids is 2. The molecule has 64 heavy (non-hydrogen) atoms. The van der Waals surface area contributed by atoms with Gasteiger partial charge in [0.25, 0.3) is 0 Å². The number of quaternary nitrogens is 1. The van der Waals surface area contributed by atoms with Crippen LogP contribution in [0.25, 0.3) is 11.1 Å². The molecule has 9 atom stereocenters. The summed E-state index contributed by atoms with van der Waals surface area (Å²) in [6, 6.07) is 29.8. The van der Waals surface area contributed by atoms with Gasteiger partial charge in [-0.2, -0.15) is 0 Å². The lowest BCUT2D eigenvalue weighted by atomic mass is 9.44. The van der Waals surface area contributed by atoms with E-state index in [0.717, 1.165) is 66.8 Å². The number of carbonyl (C=O) groups is 2. The van der Waals surface area contributed by atoms with Gasteiger partial charge in [-0.1, -0.05) is 100 Å². The van der Waals surface area contributed by atoms with Crippen LogP contribution in [-0.4, -0.2) is 74.2 Å². The minimum atomic E-state index is 0. The van der Waals surface area contributed by atoms with Crippen molar-refractivity contribution in [3.8, 4) is 5.75 Å². The minimum Gasteiger partial charge on any atom is -1.00 e. The maximum absolute atomic E-state index is 13.5. The minimum absolute atomic E-state index is 0. The fourth-order valence-electron chi connectivity index (χ4n) is 14.4. The van der Waals surface area contributed by atoms with E-state index in [2.05, 4.69) is 120 Å². The summed E-state index contributed by atoms with van der Waals surface area (Å²) >= 11 is 0. The van der Waals surface area contributed by atoms with Gasteiger partial charge in [0.2, 0.25) is 5.91 Å². The molecule has 0 radical (unpaired) electrons. The molecule has 1 aliphatic heterocycles. The Hall–Kier alpha value is -3.61. The summed E-state index contributed by atoms with van der Waals surface area (Å²) in [5.74, 6) is 5.42. The molecule has 1 heterocycles. The van der Waals surface area contributed by atoms with Gasteiger partial charge in [-0.05, 0) is 176 Å². The van der Waals surface area contributed by atoms with E-state index in [0.29, 0.717) is 54.7 Å². The van der Waals surface area contributed by atoms with Crippen LogP contribution < -0.4 is 17.1 Å². The van der Waals surface area contributed by atoms with Crippen molar-refractivity contribution in [2.24, 2.45) is 46.3 Å². The number of hydrogen-bond donors (Lipinski definition) is 0. The third-order valence-corrected chi connectivity index (χ3v) is 18.0. The number of likely N-dealkylation sites (N-methyl/N-ethyl adjacent to an activating group) is 2. The standard InChI is InChI=1S/C57H79N2O4.ClH/c1-7-48(42-17-11-8-12-18-42)55(43-19-13-9-14-20-43)44-22-25-46(26-23-44)62-38-35-58(5)53(60)30-21-41(2)50-28-29-51-49-27-24-45-39-47(63-54(61)40-59(6)36-15-10-16-37-59)31-33-56(45,3)52(49)32-34-57(50,51)4;/h8-9,11-14,17-20,22-23,25-26,41,45,47,49-52H,7,10,15-16,21,24,27-40H2,1-6H3;1H/q+1;/p-1/b55-48-;/t41-,45-,47-,49+,50-,51+,52+,56+,57-;/m1./s1. The van der Waals surface area contributed by atoms with Crippen LogP contribution in [-0.2, 0) is 14.3 Å². The number of esters is 1. The van der Waals surface area contributed by atoms with Gasteiger partial charge in [-0.25, -0.2) is 4.79 Å². The Bertz CT molecular complexity index is 2030. The highest BCUT2D eigenvalue weighted by molar-refractivity contribution is 5.98. The molecule has 4 saturated carbocycles. The highest BCUT2D eigenvalue weighted by atomic mass is 35.5. The smallest absolute Gasteiger partial charge is 0.362 e. The van der Waals surface area contributed by atoms with Crippen LogP contribution in [0.15, 0.2) is 84.9 Å². The number of ether oxygens (including phenoxy) is 2. The molecule has 1 saturated heterocycles. The van der Waals surface area contributed by atoms with Gasteiger partial charge in [0.05, 0.1) is 26.7 Å². The summed E-state index contributed by atoms with van der Waals surface area (Å²) in [6.45, 7) is 13.8. The summed E-state index contributed by atoms with van der Waals surface area (Å²) in [5.41, 5.74) is 6.95. The molecule has 0 aromatic heterocycles. The first-order valence-corrected chi connectivity index (χ1v) is 25.2. The molecule has 0 N–H and O–H groups in total. The summed E-state index contributed by atoms with van der Waals surface area (Å²) in [4.78, 5) is 28.5. The van der Waals surface area contributed by atoms with Crippen LogP contribution in [0, 0.1) is 46.3 Å². The maximum Gasteiger partial charge on any atom is 0.362 e. The van der Waals surface area contributed by atoms with Crippen LogP contribution in [0.5, 0.6) is 5.75 Å². The van der Waals surface area contributed by atoms with Gasteiger partial charge in [0.15, 0.2) is 6.54 Å². The van der Waals surface area contributed by atoms with Crippen molar-refractivity contribution in [3.05, 3.63) is 102 Å². The number of hydrogen-bond acceptors (Lipinski definition) is 4. The molecule has 0 bridgehead atoms. The zero-order valence-corrected chi connectivity index (χ0v) is 40.9. The quantitative estimate of drug-likeness (QED) is 0.0868. The molecule has 0 unspecified atom stereocenters. The lowest BCUT2D eigenvalue weighted by molar-refractivity contribution is -0.907. The van der Waals surface area contributed by atoms with Crippen LogP contribution in [0.4, 0.5) is 0 Å². The molecule has 4 aliphatic carbocycles. The number of likely N-dealkylation sites (tertiary alicyclic amines) is 1. The molecule has 8 rings (SSSR count). The van der Waals surface area contributed by atoms with E-state index in [4.69, 9.17) is 9.47 Å². The van der Waals surface area contributed by atoms with Gasteiger partial charge in [-0.15, -0.1) is 0 Å². The van der Waals surface area contributed by atoms with E-state index in [9.17, 15) is 9.59 Å². The van der Waals surface area contributed by atoms with E-state index in [-0.39, 0.29) is 30.4 Å². The zero-order chi connectivity index (χ0) is 44.2. The Morgan fingerprint density at radius 2 is 1.42 bits per heavy atom. The highest BCUT2D eigenvalue weighted by Crippen LogP contribution is 2.68. The molecule has 6 nitrogen and oxygen atoms in total. The van der Waals surface area contributed by atoms with Crippen LogP contribution in [0.3, 0.4) is 0 Å². The van der Waals surface area contributed by atoms with E-state index in [1.807, 2.05) is 11.9 Å². The average Bonchev–Trinajstić information content (AvgIpc) is 3.65. The third-order valence-electron chi connectivity index (χ3n) is 18.0. The van der Waals surface area contributed by atoms with Crippen molar-refractivity contribution in [1.82, 2.24) is 4.90 Å². The van der Waals surface area contributed by atoms with Gasteiger partial charge in [-0.3, -0.25) is 4.79 Å². The van der Waals surface area contributed by atoms with Gasteiger partial charge < -0.3 is 31.3 Å². The number of benzene rings is 3. The molecule has 5 fully saturated rings. The van der Waals surface area contributed by atoms with E-state index < -0.39 is 0 Å². The summed E-state index contributed by atoms with van der Waals surface area (Å²) in [5, 5.41) is 0. The topological polar surface area (TPSA) is 55.8 Å². The number of piperidine rings is 1. The van der Waals surface area contributed by atoms with Crippen LogP contribution in [0.1, 0.15) is 141 Å². The van der Waals surface area contributed by atoms with Crippen molar-refractivity contribution in [2.45, 2.75) is 130 Å². The second kappa shape index (κ2) is 20.9. The number of halogens is 1. The monoisotopic (exact) mass is 891 g/mol. The largest absolute Gasteiger partial charge is 1.00 e. The first-order valence-electron chi connectivity index (χ1n) is 25.2. The van der Waals surface area contributed by atoms with Gasteiger partial charge >= 0.3 is 5.97 Å². The van der Waals surface area contributed by atoms with Crippen LogP contribution >= 0.6 is 0 Å². The Morgan fingerprint density at radius 3 is 2.11 bits per heavy atom. The van der Waals surface area contributed by atoms with Gasteiger partial charge in [0, 0.05) is 13.5 Å². The SMILES string of the molecule is CC/C(=C(\c1ccccc1)c1ccc(OCCN(C)C(=O)CC[C@@H](C)[C@H]2CC[C@H]3[C@@H]4CC[C@@H]5C[C@H](OC(=O)C[N+]6(C)CCCCC6)CC[C@]5(C)[C@H]4CC[C@]23C)cc1)c1ccccc1.[Cl-]. The van der Waals surface area contributed by atoms with Gasteiger partial charge in [0.1, 0.15) is 18.5 Å². The molecule has 3 aromatic carbocycles. The summed E-state index contributed by atoms with van der Waals surface area (Å²) in [7, 11) is 4.18. The molecule has 7 heteroatoms. The van der Waals surface area contributed by atoms with Crippen molar-refractivity contribution < 1.29 is 36.0 Å². The second-order valence-corrected chi connectivity index (χ2v) is 21.7. The third kappa shape index (κ3) is 10.3. The number of rotatable bonds is 15. The Labute approximate surface area is 392 Å². The molecule has 348 valence electrons. The number of amides is 1. The molecule has 5 aliphatic rings. The van der Waals surface area contributed by atoms with E-state index >= 15 is 0 Å². The van der Waals surface area contributed by atoms with E-state index in [1.165, 1.54) is 92.0 Å². The molecule has 0 spiro atoms.